The molecule has 2 rings (SSSR count). The van der Waals surface area contributed by atoms with Gasteiger partial charge in [-0.05, 0) is 6.07 Å². The molecule has 66 valence electrons. The first-order valence-electron chi connectivity index (χ1n) is 3.69. The van der Waals surface area contributed by atoms with Crippen LogP contribution < -0.4 is 0 Å². The molecule has 0 saturated carbocycles. The zero-order chi connectivity index (χ0) is 9.26. The van der Waals surface area contributed by atoms with Crippen molar-refractivity contribution in [2.75, 3.05) is 7.11 Å². The van der Waals surface area contributed by atoms with Gasteiger partial charge < -0.3 is 4.74 Å². The van der Waals surface area contributed by atoms with Crippen LogP contribution in [0.1, 0.15) is 10.5 Å². The number of hydrogen-bond acceptors (Lipinski definition) is 4. The van der Waals surface area contributed by atoms with Gasteiger partial charge in [-0.1, -0.05) is 0 Å². The van der Waals surface area contributed by atoms with E-state index in [1.54, 1.807) is 12.3 Å². The third kappa shape index (κ3) is 1.14. The number of H-pyrrole nitrogens is 1. The van der Waals surface area contributed by atoms with Crippen molar-refractivity contribution in [1.82, 2.24) is 15.2 Å². The molecule has 0 aliphatic heterocycles. The maximum Gasteiger partial charge on any atom is 0.357 e. The van der Waals surface area contributed by atoms with E-state index in [0.29, 0.717) is 10.9 Å². The Morgan fingerprint density at radius 3 is 3.23 bits per heavy atom. The van der Waals surface area contributed by atoms with E-state index in [2.05, 4.69) is 19.9 Å². The lowest BCUT2D eigenvalue weighted by atomic mass is 10.2. The number of ether oxygens (including phenoxy) is 1. The van der Waals surface area contributed by atoms with Crippen LogP contribution in [-0.2, 0) is 4.74 Å². The van der Waals surface area contributed by atoms with Crippen LogP contribution in [0.5, 0.6) is 0 Å². The van der Waals surface area contributed by atoms with Crippen LogP contribution in [0.3, 0.4) is 0 Å². The topological polar surface area (TPSA) is 67.9 Å². The van der Waals surface area contributed by atoms with Gasteiger partial charge in [0.05, 0.1) is 18.0 Å². The third-order valence-corrected chi connectivity index (χ3v) is 1.74. The predicted molar refractivity (Wildman–Crippen MR) is 45.2 cm³/mol. The van der Waals surface area contributed by atoms with Crippen molar-refractivity contribution in [2.24, 2.45) is 0 Å². The molecule has 0 fully saturated rings. The Balaban J connectivity index is 2.67. The fourth-order valence-corrected chi connectivity index (χ4v) is 1.13. The minimum absolute atomic E-state index is 0.286. The van der Waals surface area contributed by atoms with Gasteiger partial charge in [0.2, 0.25) is 0 Å². The van der Waals surface area contributed by atoms with E-state index < -0.39 is 5.97 Å². The molecular formula is C8H7N3O2. The molecule has 5 heteroatoms. The lowest BCUT2D eigenvalue weighted by Crippen LogP contribution is -2.03. The van der Waals surface area contributed by atoms with Crippen LogP contribution in [-0.4, -0.2) is 28.3 Å². The highest BCUT2D eigenvalue weighted by atomic mass is 16.5. The Morgan fingerprint density at radius 1 is 1.62 bits per heavy atom. The SMILES string of the molecule is COC(=O)c1nccc2n[nH]cc12. The van der Waals surface area contributed by atoms with Gasteiger partial charge in [-0.15, -0.1) is 0 Å². The molecule has 13 heavy (non-hydrogen) atoms. The maximum atomic E-state index is 11.2. The minimum atomic E-state index is -0.452. The number of aromatic nitrogens is 3. The van der Waals surface area contributed by atoms with Crippen LogP contribution in [0, 0.1) is 0 Å². The molecule has 0 spiro atoms. The average molecular weight is 177 g/mol. The fraction of sp³-hybridized carbons (Fsp3) is 0.125. The molecule has 5 nitrogen and oxygen atoms in total. The standard InChI is InChI=1S/C8H7N3O2/c1-13-8(12)7-5-4-10-11-6(5)2-3-9-7/h2-4H,1H3,(H,10,11). The summed E-state index contributed by atoms with van der Waals surface area (Å²) >= 11 is 0. The number of hydrogen-bond donors (Lipinski definition) is 1. The number of fused-ring (bicyclic) bond motifs is 1. The summed E-state index contributed by atoms with van der Waals surface area (Å²) in [6, 6.07) is 1.72. The molecule has 0 saturated heterocycles. The smallest absolute Gasteiger partial charge is 0.357 e. The van der Waals surface area contributed by atoms with E-state index in [1.807, 2.05) is 0 Å². The summed E-state index contributed by atoms with van der Waals surface area (Å²) < 4.78 is 4.57. The summed E-state index contributed by atoms with van der Waals surface area (Å²) in [5.41, 5.74) is 0.990. The van der Waals surface area contributed by atoms with Gasteiger partial charge >= 0.3 is 5.97 Å². The van der Waals surface area contributed by atoms with Crippen LogP contribution in [0.25, 0.3) is 10.9 Å². The van der Waals surface area contributed by atoms with Crippen LogP contribution in [0.2, 0.25) is 0 Å². The summed E-state index contributed by atoms with van der Waals surface area (Å²) in [6.07, 6.45) is 3.14. The fourth-order valence-electron chi connectivity index (χ4n) is 1.13. The number of aromatic amines is 1. The van der Waals surface area contributed by atoms with Crippen molar-refractivity contribution >= 4 is 16.9 Å². The van der Waals surface area contributed by atoms with Crippen molar-refractivity contribution in [3.8, 4) is 0 Å². The molecule has 0 bridgehead atoms. The molecule has 0 atom stereocenters. The van der Waals surface area contributed by atoms with Crippen LogP contribution in [0.15, 0.2) is 18.5 Å². The van der Waals surface area contributed by atoms with Crippen LogP contribution >= 0.6 is 0 Å². The van der Waals surface area contributed by atoms with Crippen molar-refractivity contribution in [3.05, 3.63) is 24.2 Å². The number of pyridine rings is 1. The zero-order valence-corrected chi connectivity index (χ0v) is 6.94. The first-order valence-corrected chi connectivity index (χ1v) is 3.69. The largest absolute Gasteiger partial charge is 0.464 e. The van der Waals surface area contributed by atoms with Gasteiger partial charge in [-0.3, -0.25) is 5.10 Å². The molecule has 2 aromatic rings. The van der Waals surface area contributed by atoms with Gasteiger partial charge in [0.25, 0.3) is 0 Å². The van der Waals surface area contributed by atoms with E-state index in [1.165, 1.54) is 13.3 Å². The lowest BCUT2D eigenvalue weighted by Gasteiger charge is -1.97. The number of esters is 1. The number of methoxy groups -OCH3 is 1. The monoisotopic (exact) mass is 177 g/mol. The second-order valence-electron chi connectivity index (χ2n) is 2.47. The Morgan fingerprint density at radius 2 is 2.46 bits per heavy atom. The van der Waals surface area contributed by atoms with Crippen molar-refractivity contribution in [3.63, 3.8) is 0 Å². The van der Waals surface area contributed by atoms with E-state index in [9.17, 15) is 4.79 Å². The Hall–Kier alpha value is -1.91. The van der Waals surface area contributed by atoms with E-state index in [4.69, 9.17) is 0 Å². The van der Waals surface area contributed by atoms with Gasteiger partial charge in [-0.2, -0.15) is 5.10 Å². The quantitative estimate of drug-likeness (QED) is 0.652. The van der Waals surface area contributed by atoms with E-state index >= 15 is 0 Å². The molecule has 1 N–H and O–H groups in total. The second kappa shape index (κ2) is 2.85. The van der Waals surface area contributed by atoms with Gasteiger partial charge in [0, 0.05) is 12.4 Å². The van der Waals surface area contributed by atoms with Crippen molar-refractivity contribution in [1.29, 1.82) is 0 Å². The number of rotatable bonds is 1. The molecule has 0 unspecified atom stereocenters. The molecule has 0 aliphatic rings. The highest BCUT2D eigenvalue weighted by Gasteiger charge is 2.12. The lowest BCUT2D eigenvalue weighted by molar-refractivity contribution is 0.0596. The number of nitrogens with zero attached hydrogens (tertiary/aromatic N) is 2. The Labute approximate surface area is 73.7 Å². The number of nitrogens with one attached hydrogen (secondary N) is 1. The number of carbonyl (C=O) groups excluding carboxylic acids is 1. The molecule has 0 aromatic carbocycles. The third-order valence-electron chi connectivity index (χ3n) is 1.74. The minimum Gasteiger partial charge on any atom is -0.464 e. The molecule has 2 heterocycles. The summed E-state index contributed by atoms with van der Waals surface area (Å²) in [4.78, 5) is 15.1. The Bertz CT molecular complexity index is 449. The van der Waals surface area contributed by atoms with E-state index in [0.717, 1.165) is 0 Å². The summed E-state index contributed by atoms with van der Waals surface area (Å²) in [7, 11) is 1.32. The summed E-state index contributed by atoms with van der Waals surface area (Å²) in [5.74, 6) is -0.452. The first kappa shape index (κ1) is 7.72. The second-order valence-corrected chi connectivity index (χ2v) is 2.47. The maximum absolute atomic E-state index is 11.2. The molecule has 0 amide bonds. The summed E-state index contributed by atoms with van der Waals surface area (Å²) in [6.45, 7) is 0. The van der Waals surface area contributed by atoms with Crippen LogP contribution in [0.4, 0.5) is 0 Å². The number of carbonyl (C=O) groups is 1. The highest BCUT2D eigenvalue weighted by molar-refractivity contribution is 6.01. The Kier molecular flexibility index (Phi) is 1.70. The van der Waals surface area contributed by atoms with Gasteiger partial charge in [0.15, 0.2) is 5.69 Å². The van der Waals surface area contributed by atoms with Gasteiger partial charge in [-0.25, -0.2) is 9.78 Å². The average Bonchev–Trinajstić information content (AvgIpc) is 2.63. The van der Waals surface area contributed by atoms with Crippen molar-refractivity contribution < 1.29 is 9.53 Å². The molecule has 0 radical (unpaired) electrons. The van der Waals surface area contributed by atoms with Crippen molar-refractivity contribution in [2.45, 2.75) is 0 Å². The molecule has 2 aromatic heterocycles. The predicted octanol–water partition coefficient (Wildman–Crippen LogP) is 0.744. The summed E-state index contributed by atoms with van der Waals surface area (Å²) in [5, 5.41) is 7.26. The van der Waals surface area contributed by atoms with E-state index in [-0.39, 0.29) is 5.69 Å². The molecular weight excluding hydrogens is 170 g/mol. The van der Waals surface area contributed by atoms with Gasteiger partial charge in [0.1, 0.15) is 0 Å². The first-order chi connectivity index (χ1) is 6.33. The normalized spacial score (nSPS) is 10.2. The highest BCUT2D eigenvalue weighted by Crippen LogP contribution is 2.13. The zero-order valence-electron chi connectivity index (χ0n) is 6.94. The molecule has 0 aliphatic carbocycles.